The minimum atomic E-state index is -2.99. The minimum absolute atomic E-state index is 0.105. The van der Waals surface area contributed by atoms with Crippen molar-refractivity contribution in [2.24, 2.45) is 0 Å². The molecule has 0 amide bonds. The first-order chi connectivity index (χ1) is 8.88. The summed E-state index contributed by atoms with van der Waals surface area (Å²) in [5.74, 6) is 0.890. The van der Waals surface area contributed by atoms with Crippen molar-refractivity contribution < 1.29 is 13.2 Å². The van der Waals surface area contributed by atoms with Gasteiger partial charge in [0.05, 0.1) is 17.4 Å². The maximum atomic E-state index is 11.5. The lowest BCUT2D eigenvalue weighted by Crippen LogP contribution is -2.26. The molecular formula is C13H20ClNO3S. The lowest BCUT2D eigenvalue weighted by atomic mass is 10.2. The third-order valence-electron chi connectivity index (χ3n) is 2.59. The molecule has 108 valence electrons. The third kappa shape index (κ3) is 5.28. The van der Waals surface area contributed by atoms with Crippen molar-refractivity contribution in [2.45, 2.75) is 26.8 Å². The van der Waals surface area contributed by atoms with E-state index in [1.165, 1.54) is 0 Å². The van der Waals surface area contributed by atoms with Crippen LogP contribution in [0.1, 0.15) is 20.8 Å². The summed E-state index contributed by atoms with van der Waals surface area (Å²) in [6.07, 6.45) is 0. The van der Waals surface area contributed by atoms with Crippen LogP contribution < -0.4 is 10.1 Å². The Bertz CT molecular complexity index is 517. The number of rotatable bonds is 7. The van der Waals surface area contributed by atoms with Crippen LogP contribution in [0.15, 0.2) is 18.2 Å². The SMILES string of the molecule is CCOc1ccc(NC(C)CS(=O)(=O)CC)cc1Cl. The molecule has 0 aliphatic carbocycles. The van der Waals surface area contributed by atoms with E-state index in [0.717, 1.165) is 5.69 Å². The normalized spacial score (nSPS) is 13.1. The molecule has 0 fully saturated rings. The van der Waals surface area contributed by atoms with Crippen LogP contribution in [-0.4, -0.2) is 32.6 Å². The van der Waals surface area contributed by atoms with Gasteiger partial charge in [-0.3, -0.25) is 0 Å². The fourth-order valence-electron chi connectivity index (χ4n) is 1.69. The highest BCUT2D eigenvalue weighted by atomic mass is 35.5. The van der Waals surface area contributed by atoms with Gasteiger partial charge in [-0.2, -0.15) is 0 Å². The monoisotopic (exact) mass is 305 g/mol. The van der Waals surface area contributed by atoms with Gasteiger partial charge < -0.3 is 10.1 Å². The second-order valence-corrected chi connectivity index (χ2v) is 7.13. The Kier molecular flexibility index (Phi) is 5.94. The number of hydrogen-bond acceptors (Lipinski definition) is 4. The van der Waals surface area contributed by atoms with Crippen molar-refractivity contribution in [3.8, 4) is 5.75 Å². The average Bonchev–Trinajstić information content (AvgIpc) is 2.32. The fraction of sp³-hybridized carbons (Fsp3) is 0.538. The molecule has 1 aromatic carbocycles. The summed E-state index contributed by atoms with van der Waals surface area (Å²) >= 11 is 6.07. The Morgan fingerprint density at radius 2 is 2.05 bits per heavy atom. The highest BCUT2D eigenvalue weighted by Gasteiger charge is 2.14. The molecule has 1 aromatic rings. The first-order valence-corrected chi connectivity index (χ1v) is 8.47. The highest BCUT2D eigenvalue weighted by molar-refractivity contribution is 7.91. The van der Waals surface area contributed by atoms with E-state index in [1.807, 2.05) is 19.9 Å². The molecule has 4 nitrogen and oxygen atoms in total. The third-order valence-corrected chi connectivity index (χ3v) is 4.77. The van der Waals surface area contributed by atoms with Crippen LogP contribution in [0.4, 0.5) is 5.69 Å². The topological polar surface area (TPSA) is 55.4 Å². The molecule has 6 heteroatoms. The van der Waals surface area contributed by atoms with Crippen molar-refractivity contribution in [1.82, 2.24) is 0 Å². The number of benzene rings is 1. The number of nitrogens with one attached hydrogen (secondary N) is 1. The molecule has 0 aliphatic heterocycles. The molecule has 0 saturated carbocycles. The summed E-state index contributed by atoms with van der Waals surface area (Å²) in [5, 5.41) is 3.63. The zero-order valence-corrected chi connectivity index (χ0v) is 13.0. The number of anilines is 1. The van der Waals surface area contributed by atoms with Crippen molar-refractivity contribution in [3.05, 3.63) is 23.2 Å². The molecule has 0 bridgehead atoms. The number of ether oxygens (including phenoxy) is 1. The van der Waals surface area contributed by atoms with E-state index in [4.69, 9.17) is 16.3 Å². The van der Waals surface area contributed by atoms with Gasteiger partial charge in [0, 0.05) is 17.5 Å². The molecule has 0 radical (unpaired) electrons. The van der Waals surface area contributed by atoms with Gasteiger partial charge in [0.1, 0.15) is 5.75 Å². The molecule has 0 spiro atoms. The number of halogens is 1. The van der Waals surface area contributed by atoms with Gasteiger partial charge in [-0.15, -0.1) is 0 Å². The first-order valence-electron chi connectivity index (χ1n) is 6.27. The molecule has 1 atom stereocenters. The summed E-state index contributed by atoms with van der Waals surface area (Å²) in [5.41, 5.74) is 0.784. The summed E-state index contributed by atoms with van der Waals surface area (Å²) in [6, 6.07) is 5.17. The Balaban J connectivity index is 2.70. The van der Waals surface area contributed by atoms with Gasteiger partial charge in [0.15, 0.2) is 9.84 Å². The standard InChI is InChI=1S/C13H20ClNO3S/c1-4-18-13-7-6-11(8-12(13)14)15-10(3)9-19(16,17)5-2/h6-8,10,15H,4-5,9H2,1-3H3. The second-order valence-electron chi connectivity index (χ2n) is 4.32. The van der Waals surface area contributed by atoms with Crippen molar-refractivity contribution in [2.75, 3.05) is 23.4 Å². The van der Waals surface area contributed by atoms with E-state index in [-0.39, 0.29) is 17.5 Å². The van der Waals surface area contributed by atoms with Gasteiger partial charge in [-0.25, -0.2) is 8.42 Å². The van der Waals surface area contributed by atoms with Crippen molar-refractivity contribution >= 4 is 27.1 Å². The summed E-state index contributed by atoms with van der Waals surface area (Å²) in [7, 11) is -2.99. The molecule has 0 heterocycles. The Morgan fingerprint density at radius 3 is 2.58 bits per heavy atom. The summed E-state index contributed by atoms with van der Waals surface area (Å²) in [6.45, 7) is 5.92. The zero-order valence-electron chi connectivity index (χ0n) is 11.4. The molecule has 1 N–H and O–H groups in total. The van der Waals surface area contributed by atoms with E-state index in [1.54, 1.807) is 19.1 Å². The predicted molar refractivity (Wildman–Crippen MR) is 80.0 cm³/mol. The van der Waals surface area contributed by atoms with Crippen molar-refractivity contribution in [3.63, 3.8) is 0 Å². The van der Waals surface area contributed by atoms with Gasteiger partial charge >= 0.3 is 0 Å². The van der Waals surface area contributed by atoms with Gasteiger partial charge in [-0.05, 0) is 32.0 Å². The Labute approximate surface area is 120 Å². The Hall–Kier alpha value is -0.940. The van der Waals surface area contributed by atoms with Crippen LogP contribution in [0, 0.1) is 0 Å². The van der Waals surface area contributed by atoms with E-state index in [2.05, 4.69) is 5.32 Å². The van der Waals surface area contributed by atoms with Crippen LogP contribution >= 0.6 is 11.6 Å². The number of hydrogen-bond donors (Lipinski definition) is 1. The van der Waals surface area contributed by atoms with E-state index < -0.39 is 9.84 Å². The van der Waals surface area contributed by atoms with Gasteiger partial charge in [0.2, 0.25) is 0 Å². The van der Waals surface area contributed by atoms with Gasteiger partial charge in [0.25, 0.3) is 0 Å². The maximum Gasteiger partial charge on any atom is 0.152 e. The Morgan fingerprint density at radius 1 is 1.37 bits per heavy atom. The molecule has 1 rings (SSSR count). The summed E-state index contributed by atoms with van der Waals surface area (Å²) < 4.78 is 28.4. The molecule has 0 aliphatic rings. The van der Waals surface area contributed by atoms with Crippen LogP contribution in [0.2, 0.25) is 5.02 Å². The molecular weight excluding hydrogens is 286 g/mol. The zero-order chi connectivity index (χ0) is 14.5. The van der Waals surface area contributed by atoms with E-state index >= 15 is 0 Å². The molecule has 19 heavy (non-hydrogen) atoms. The lowest BCUT2D eigenvalue weighted by Gasteiger charge is -2.16. The minimum Gasteiger partial charge on any atom is -0.492 e. The molecule has 1 unspecified atom stereocenters. The summed E-state index contributed by atoms with van der Waals surface area (Å²) in [4.78, 5) is 0. The second kappa shape index (κ2) is 7.01. The van der Waals surface area contributed by atoms with E-state index in [9.17, 15) is 8.42 Å². The van der Waals surface area contributed by atoms with Crippen LogP contribution in [-0.2, 0) is 9.84 Å². The van der Waals surface area contributed by atoms with Gasteiger partial charge in [-0.1, -0.05) is 18.5 Å². The average molecular weight is 306 g/mol. The van der Waals surface area contributed by atoms with Crippen molar-refractivity contribution in [1.29, 1.82) is 0 Å². The predicted octanol–water partition coefficient (Wildman–Crippen LogP) is 2.97. The fourth-order valence-corrected chi connectivity index (χ4v) is 3.00. The smallest absolute Gasteiger partial charge is 0.152 e. The molecule has 0 saturated heterocycles. The lowest BCUT2D eigenvalue weighted by molar-refractivity contribution is 0.340. The quantitative estimate of drug-likeness (QED) is 0.841. The van der Waals surface area contributed by atoms with Crippen LogP contribution in [0.3, 0.4) is 0 Å². The van der Waals surface area contributed by atoms with E-state index in [0.29, 0.717) is 17.4 Å². The molecule has 0 aromatic heterocycles. The largest absolute Gasteiger partial charge is 0.492 e. The first kappa shape index (κ1) is 16.1. The van der Waals surface area contributed by atoms with Crippen LogP contribution in [0.5, 0.6) is 5.75 Å². The highest BCUT2D eigenvalue weighted by Crippen LogP contribution is 2.27. The maximum absolute atomic E-state index is 11.5. The number of sulfone groups is 1. The van der Waals surface area contributed by atoms with Crippen LogP contribution in [0.25, 0.3) is 0 Å².